The Morgan fingerprint density at radius 2 is 2.05 bits per heavy atom. The van der Waals surface area contributed by atoms with Gasteiger partial charge in [0.25, 0.3) is 5.91 Å². The molecule has 0 spiro atoms. The summed E-state index contributed by atoms with van der Waals surface area (Å²) in [5.74, 6) is 0.948. The van der Waals surface area contributed by atoms with Crippen LogP contribution in [0.2, 0.25) is 0 Å². The van der Waals surface area contributed by atoms with Crippen LogP contribution >= 0.6 is 0 Å². The fraction of sp³-hybridized carbons (Fsp3) is 0.533. The first-order chi connectivity index (χ1) is 9.36. The molecule has 1 aromatic carbocycles. The molecule has 0 fully saturated rings. The van der Waals surface area contributed by atoms with Gasteiger partial charge in [-0.15, -0.1) is 0 Å². The molecule has 1 aromatic rings. The fourth-order valence-electron chi connectivity index (χ4n) is 2.18. The summed E-state index contributed by atoms with van der Waals surface area (Å²) < 4.78 is 5.07. The third-order valence-electron chi connectivity index (χ3n) is 3.41. The number of hydrogen-bond donors (Lipinski definition) is 2. The Morgan fingerprint density at radius 1 is 1.40 bits per heavy atom. The van der Waals surface area contributed by atoms with Crippen molar-refractivity contribution in [2.24, 2.45) is 5.92 Å². The van der Waals surface area contributed by atoms with Crippen molar-refractivity contribution in [2.45, 2.75) is 19.9 Å². The molecule has 0 aliphatic carbocycles. The van der Waals surface area contributed by atoms with Crippen LogP contribution in [0.15, 0.2) is 18.2 Å². The number of benzene rings is 1. The van der Waals surface area contributed by atoms with Gasteiger partial charge in [0.15, 0.2) is 0 Å². The van der Waals surface area contributed by atoms with Gasteiger partial charge in [0.05, 0.1) is 12.7 Å². The largest absolute Gasteiger partial charge is 0.497 e. The maximum absolute atomic E-state index is 12.2. The number of nitrogens with two attached hydrogens (primary N) is 1. The zero-order valence-electron chi connectivity index (χ0n) is 12.9. The summed E-state index contributed by atoms with van der Waals surface area (Å²) in [6.45, 7) is 4.87. The highest BCUT2D eigenvalue weighted by atomic mass is 16.5. The predicted molar refractivity (Wildman–Crippen MR) is 82.1 cm³/mol. The second-order valence-corrected chi connectivity index (χ2v) is 5.44. The maximum atomic E-state index is 12.2. The Kier molecular flexibility index (Phi) is 5.82. The molecule has 1 atom stereocenters. The van der Waals surface area contributed by atoms with Crippen molar-refractivity contribution >= 4 is 11.6 Å². The molecule has 5 heteroatoms. The monoisotopic (exact) mass is 279 g/mol. The van der Waals surface area contributed by atoms with E-state index in [0.717, 1.165) is 0 Å². The van der Waals surface area contributed by atoms with Crippen molar-refractivity contribution in [3.63, 3.8) is 0 Å². The van der Waals surface area contributed by atoms with E-state index in [9.17, 15) is 4.79 Å². The van der Waals surface area contributed by atoms with E-state index in [1.54, 1.807) is 25.3 Å². The number of nitrogens with zero attached hydrogens (tertiary/aromatic N) is 1. The Labute approximate surface area is 121 Å². The number of amides is 1. The van der Waals surface area contributed by atoms with Crippen molar-refractivity contribution in [3.05, 3.63) is 23.8 Å². The number of rotatable bonds is 6. The SMILES string of the molecule is COc1ccc(C(=O)NCC(C(C)C)N(C)C)c(N)c1. The lowest BCUT2D eigenvalue weighted by atomic mass is 10.0. The fourth-order valence-corrected chi connectivity index (χ4v) is 2.18. The molecule has 20 heavy (non-hydrogen) atoms. The highest BCUT2D eigenvalue weighted by Crippen LogP contribution is 2.19. The van der Waals surface area contributed by atoms with Crippen molar-refractivity contribution in [1.82, 2.24) is 10.2 Å². The molecule has 0 aliphatic heterocycles. The van der Waals surface area contributed by atoms with E-state index in [0.29, 0.717) is 35.5 Å². The maximum Gasteiger partial charge on any atom is 0.253 e. The summed E-state index contributed by atoms with van der Waals surface area (Å²) in [7, 11) is 5.59. The molecule has 1 unspecified atom stereocenters. The van der Waals surface area contributed by atoms with Gasteiger partial charge in [-0.05, 0) is 32.1 Å². The summed E-state index contributed by atoms with van der Waals surface area (Å²) in [6.07, 6.45) is 0. The summed E-state index contributed by atoms with van der Waals surface area (Å²) in [6, 6.07) is 5.36. The van der Waals surface area contributed by atoms with Gasteiger partial charge in [0.2, 0.25) is 0 Å². The zero-order chi connectivity index (χ0) is 15.3. The lowest BCUT2D eigenvalue weighted by molar-refractivity contribution is 0.0935. The number of likely N-dealkylation sites (N-methyl/N-ethyl adjacent to an activating group) is 1. The molecular weight excluding hydrogens is 254 g/mol. The average Bonchev–Trinajstić information content (AvgIpc) is 2.37. The summed E-state index contributed by atoms with van der Waals surface area (Å²) in [5, 5.41) is 2.94. The van der Waals surface area contributed by atoms with Gasteiger partial charge in [-0.2, -0.15) is 0 Å². The minimum atomic E-state index is -0.155. The van der Waals surface area contributed by atoms with E-state index < -0.39 is 0 Å². The second-order valence-electron chi connectivity index (χ2n) is 5.44. The molecule has 0 aromatic heterocycles. The minimum absolute atomic E-state index is 0.155. The van der Waals surface area contributed by atoms with Crippen molar-refractivity contribution < 1.29 is 9.53 Å². The smallest absolute Gasteiger partial charge is 0.253 e. The number of hydrogen-bond acceptors (Lipinski definition) is 4. The van der Waals surface area contributed by atoms with Crippen molar-refractivity contribution in [2.75, 3.05) is 33.5 Å². The van der Waals surface area contributed by atoms with Gasteiger partial charge >= 0.3 is 0 Å². The molecule has 3 N–H and O–H groups in total. The van der Waals surface area contributed by atoms with Gasteiger partial charge in [-0.3, -0.25) is 4.79 Å². The molecular formula is C15H25N3O2. The number of anilines is 1. The van der Waals surface area contributed by atoms with Gasteiger partial charge < -0.3 is 20.7 Å². The third kappa shape index (κ3) is 4.13. The van der Waals surface area contributed by atoms with E-state index in [-0.39, 0.29) is 5.91 Å². The average molecular weight is 279 g/mol. The van der Waals surface area contributed by atoms with Crippen LogP contribution in [0.4, 0.5) is 5.69 Å². The number of ether oxygens (including phenoxy) is 1. The van der Waals surface area contributed by atoms with E-state index in [1.165, 1.54) is 0 Å². The molecule has 0 saturated carbocycles. The second kappa shape index (κ2) is 7.14. The van der Waals surface area contributed by atoms with Crippen LogP contribution in [0, 0.1) is 5.92 Å². The molecule has 0 heterocycles. The van der Waals surface area contributed by atoms with E-state index in [4.69, 9.17) is 10.5 Å². The van der Waals surface area contributed by atoms with Gasteiger partial charge in [-0.1, -0.05) is 13.8 Å². The number of carbonyl (C=O) groups is 1. The van der Waals surface area contributed by atoms with Crippen molar-refractivity contribution in [3.8, 4) is 5.75 Å². The Balaban J connectivity index is 2.72. The van der Waals surface area contributed by atoms with E-state index in [1.807, 2.05) is 14.1 Å². The standard InChI is InChI=1S/C15H25N3O2/c1-10(2)14(18(3)4)9-17-15(19)12-7-6-11(20-5)8-13(12)16/h6-8,10,14H,9,16H2,1-5H3,(H,17,19). The first kappa shape index (κ1) is 16.3. The first-order valence-electron chi connectivity index (χ1n) is 6.75. The lowest BCUT2D eigenvalue weighted by Crippen LogP contribution is -2.43. The Bertz CT molecular complexity index is 450. The van der Waals surface area contributed by atoms with Crippen molar-refractivity contribution in [1.29, 1.82) is 0 Å². The van der Waals surface area contributed by atoms with E-state index in [2.05, 4.69) is 24.1 Å². The van der Waals surface area contributed by atoms with Crippen LogP contribution in [-0.2, 0) is 0 Å². The first-order valence-corrected chi connectivity index (χ1v) is 6.75. The number of nitrogen functional groups attached to an aromatic ring is 1. The van der Waals surface area contributed by atoms with Crippen LogP contribution in [0.5, 0.6) is 5.75 Å². The molecule has 0 bridgehead atoms. The quantitative estimate of drug-likeness (QED) is 0.776. The molecule has 1 rings (SSSR count). The normalized spacial score (nSPS) is 12.6. The molecule has 0 saturated heterocycles. The topological polar surface area (TPSA) is 67.6 Å². The summed E-state index contributed by atoms with van der Waals surface area (Å²) in [5.41, 5.74) is 6.78. The van der Waals surface area contributed by atoms with Crippen LogP contribution in [0.1, 0.15) is 24.2 Å². The number of nitrogens with one attached hydrogen (secondary N) is 1. The van der Waals surface area contributed by atoms with Crippen LogP contribution < -0.4 is 15.8 Å². The van der Waals surface area contributed by atoms with Crippen LogP contribution in [0.25, 0.3) is 0 Å². The van der Waals surface area contributed by atoms with Crippen LogP contribution in [0.3, 0.4) is 0 Å². The van der Waals surface area contributed by atoms with Gasteiger partial charge in [0.1, 0.15) is 5.75 Å². The van der Waals surface area contributed by atoms with E-state index >= 15 is 0 Å². The number of carbonyl (C=O) groups excluding carboxylic acids is 1. The third-order valence-corrected chi connectivity index (χ3v) is 3.41. The van der Waals surface area contributed by atoms with Gasteiger partial charge in [-0.25, -0.2) is 0 Å². The summed E-state index contributed by atoms with van der Waals surface area (Å²) >= 11 is 0. The highest BCUT2D eigenvalue weighted by molar-refractivity contribution is 5.99. The van der Waals surface area contributed by atoms with Gasteiger partial charge in [0, 0.05) is 24.3 Å². The van der Waals surface area contributed by atoms with Crippen LogP contribution in [-0.4, -0.2) is 44.6 Å². The number of methoxy groups -OCH3 is 1. The minimum Gasteiger partial charge on any atom is -0.497 e. The zero-order valence-corrected chi connectivity index (χ0v) is 12.9. The molecule has 5 nitrogen and oxygen atoms in total. The molecule has 0 aliphatic rings. The summed E-state index contributed by atoms with van der Waals surface area (Å²) in [4.78, 5) is 14.3. The molecule has 112 valence electrons. The highest BCUT2D eigenvalue weighted by Gasteiger charge is 2.18. The molecule has 1 amide bonds. The lowest BCUT2D eigenvalue weighted by Gasteiger charge is -2.28. The predicted octanol–water partition coefficient (Wildman–Crippen LogP) is 1.59. The molecule has 0 radical (unpaired) electrons. The Hall–Kier alpha value is -1.75. The Morgan fingerprint density at radius 3 is 2.50 bits per heavy atom.